The molecule has 0 aliphatic heterocycles. The molecule has 0 aliphatic rings. The maximum Gasteiger partial charge on any atom is 0.220 e. The number of carbonyl (C=O) groups excluding carboxylic acids is 1. The van der Waals surface area contributed by atoms with E-state index < -0.39 is 0 Å². The van der Waals surface area contributed by atoms with Crippen molar-refractivity contribution < 1.29 is 19.5 Å². The predicted octanol–water partition coefficient (Wildman–Crippen LogP) is 6.42. The summed E-state index contributed by atoms with van der Waals surface area (Å²) in [5.74, 6) is 0.793. The predicted molar refractivity (Wildman–Crippen MR) is 131 cm³/mol. The van der Waals surface area contributed by atoms with Gasteiger partial charge in [0.15, 0.2) is 0 Å². The molecule has 9 heteroatoms. The highest BCUT2D eigenvalue weighted by atomic mass is 32.2. The van der Waals surface area contributed by atoms with Gasteiger partial charge in [0.05, 0.1) is 30.7 Å². The Morgan fingerprint density at radius 3 is 2.48 bits per heavy atom. The zero-order chi connectivity index (χ0) is 24.0. The molecule has 1 unspecified atom stereocenters. The van der Waals surface area contributed by atoms with E-state index in [1.165, 1.54) is 26.4 Å². The number of nitroso groups, excluding NO2 is 1. The van der Waals surface area contributed by atoms with Crippen molar-refractivity contribution in [2.75, 3.05) is 19.7 Å². The molecule has 0 saturated carbocycles. The molecule has 172 valence electrons. The third kappa shape index (κ3) is 5.15. The van der Waals surface area contributed by atoms with Gasteiger partial charge in [-0.15, -0.1) is 4.91 Å². The third-order valence-electron chi connectivity index (χ3n) is 5.10. The minimum atomic E-state index is -0.348. The number of hydrogen-bond acceptors (Lipinski definition) is 9. The molecule has 33 heavy (non-hydrogen) atoms. The first-order chi connectivity index (χ1) is 15.9. The molecule has 1 aromatic heterocycles. The maximum absolute atomic E-state index is 13.0. The van der Waals surface area contributed by atoms with Crippen LogP contribution in [0.15, 0.2) is 59.6 Å². The number of methoxy groups -OCH3 is 2. The molecule has 1 heterocycles. The summed E-state index contributed by atoms with van der Waals surface area (Å²) in [4.78, 5) is 28.7. The van der Waals surface area contributed by atoms with Crippen molar-refractivity contribution in [3.05, 3.63) is 70.4 Å². The van der Waals surface area contributed by atoms with E-state index in [4.69, 9.17) is 9.47 Å². The quantitative estimate of drug-likeness (QED) is 0.211. The molecule has 3 rings (SSSR count). The summed E-state index contributed by atoms with van der Waals surface area (Å²) in [6, 6.07) is 8.12. The lowest BCUT2D eigenvalue weighted by atomic mass is 9.97. The smallest absolute Gasteiger partial charge is 0.220 e. The van der Waals surface area contributed by atoms with Gasteiger partial charge in [0.1, 0.15) is 17.2 Å². The monoisotopic (exact) mass is 467 g/mol. The second-order valence-corrected chi connectivity index (χ2v) is 8.61. The van der Waals surface area contributed by atoms with Crippen molar-refractivity contribution in [1.29, 1.82) is 0 Å². The molecule has 8 nitrogen and oxygen atoms in total. The molecule has 0 saturated heterocycles. The van der Waals surface area contributed by atoms with E-state index in [2.05, 4.69) is 15.6 Å². The number of thioether (sulfide) groups is 1. The van der Waals surface area contributed by atoms with Crippen LogP contribution < -0.4 is 15.0 Å². The van der Waals surface area contributed by atoms with Gasteiger partial charge in [-0.2, -0.15) is 0 Å². The molecule has 0 radical (unpaired) electrons. The number of nitrogens with one attached hydrogen (secondary N) is 1. The number of rotatable bonds is 9. The van der Waals surface area contributed by atoms with Crippen LogP contribution in [0.1, 0.15) is 41.4 Å². The number of aromatic nitrogens is 1. The van der Waals surface area contributed by atoms with Crippen molar-refractivity contribution in [1.82, 2.24) is 4.98 Å². The SMILES string of the molecule is COc1cc(C(CC=C(C)C)SC(=O)c2ccncc2)c(OC)c2c(N=O)ccc(NO)c12. The van der Waals surface area contributed by atoms with Crippen LogP contribution in [-0.4, -0.2) is 29.5 Å². The molecule has 0 spiro atoms. The Morgan fingerprint density at radius 2 is 1.91 bits per heavy atom. The van der Waals surface area contributed by atoms with Crippen molar-refractivity contribution in [2.45, 2.75) is 25.5 Å². The molecule has 0 aliphatic carbocycles. The van der Waals surface area contributed by atoms with E-state index >= 15 is 0 Å². The van der Waals surface area contributed by atoms with E-state index in [9.17, 15) is 14.9 Å². The topological polar surface area (TPSA) is 110 Å². The van der Waals surface area contributed by atoms with Crippen molar-refractivity contribution in [3.8, 4) is 11.5 Å². The molecule has 2 N–H and O–H groups in total. The van der Waals surface area contributed by atoms with Gasteiger partial charge in [0.2, 0.25) is 5.12 Å². The summed E-state index contributed by atoms with van der Waals surface area (Å²) in [5, 5.41) is 13.2. The van der Waals surface area contributed by atoms with Crippen molar-refractivity contribution in [3.63, 3.8) is 0 Å². The Hall–Kier alpha value is -3.43. The molecule has 0 amide bonds. The van der Waals surface area contributed by atoms with Crippen LogP contribution in [0.3, 0.4) is 0 Å². The second kappa shape index (κ2) is 10.9. The molecule has 2 aromatic carbocycles. The number of anilines is 1. The first-order valence-corrected chi connectivity index (χ1v) is 11.0. The van der Waals surface area contributed by atoms with Gasteiger partial charge < -0.3 is 9.47 Å². The number of ether oxygens (including phenoxy) is 2. The van der Waals surface area contributed by atoms with Gasteiger partial charge in [0.25, 0.3) is 0 Å². The summed E-state index contributed by atoms with van der Waals surface area (Å²) < 4.78 is 11.4. The highest BCUT2D eigenvalue weighted by molar-refractivity contribution is 8.14. The fourth-order valence-corrected chi connectivity index (χ4v) is 4.58. The van der Waals surface area contributed by atoms with Crippen LogP contribution in [0.4, 0.5) is 11.4 Å². The number of benzene rings is 2. The van der Waals surface area contributed by atoms with Crippen LogP contribution in [0, 0.1) is 4.91 Å². The van der Waals surface area contributed by atoms with Gasteiger partial charge in [-0.05, 0) is 55.8 Å². The van der Waals surface area contributed by atoms with Crippen LogP contribution in [0.5, 0.6) is 11.5 Å². The molecule has 1 atom stereocenters. The van der Waals surface area contributed by atoms with Gasteiger partial charge in [0, 0.05) is 28.8 Å². The van der Waals surface area contributed by atoms with Gasteiger partial charge in [-0.25, -0.2) is 0 Å². The zero-order valence-electron chi connectivity index (χ0n) is 18.8. The number of carbonyl (C=O) groups is 1. The first kappa shape index (κ1) is 24.2. The van der Waals surface area contributed by atoms with Crippen molar-refractivity contribution in [2.24, 2.45) is 5.18 Å². The lowest BCUT2D eigenvalue weighted by molar-refractivity contribution is 0.108. The number of hydrogen-bond donors (Lipinski definition) is 2. The molecule has 0 fully saturated rings. The number of allylic oxidation sites excluding steroid dienone is 2. The Kier molecular flexibility index (Phi) is 8.02. The average Bonchev–Trinajstić information content (AvgIpc) is 2.84. The zero-order valence-corrected chi connectivity index (χ0v) is 19.6. The average molecular weight is 468 g/mol. The molecular weight excluding hydrogens is 442 g/mol. The van der Waals surface area contributed by atoms with E-state index in [0.717, 1.165) is 17.3 Å². The summed E-state index contributed by atoms with van der Waals surface area (Å²) in [5.41, 5.74) is 4.91. The van der Waals surface area contributed by atoms with Crippen LogP contribution in [-0.2, 0) is 0 Å². The molecule has 3 aromatic rings. The number of nitrogens with zero attached hydrogens (tertiary/aromatic N) is 2. The number of fused-ring (bicyclic) bond motifs is 1. The van der Waals surface area contributed by atoms with Crippen LogP contribution in [0.2, 0.25) is 0 Å². The highest BCUT2D eigenvalue weighted by Gasteiger charge is 2.27. The van der Waals surface area contributed by atoms with Gasteiger partial charge >= 0.3 is 0 Å². The van der Waals surface area contributed by atoms with Gasteiger partial charge in [-0.1, -0.05) is 23.4 Å². The lowest BCUT2D eigenvalue weighted by Gasteiger charge is -2.22. The Labute approximate surface area is 195 Å². The van der Waals surface area contributed by atoms with E-state index in [1.807, 2.05) is 19.9 Å². The highest BCUT2D eigenvalue weighted by Crippen LogP contribution is 2.50. The fraction of sp³-hybridized carbons (Fsp3) is 0.250. The van der Waals surface area contributed by atoms with E-state index in [1.54, 1.807) is 30.6 Å². The first-order valence-electron chi connectivity index (χ1n) is 10.1. The van der Waals surface area contributed by atoms with Gasteiger partial charge in [-0.3, -0.25) is 20.5 Å². The minimum absolute atomic E-state index is 0.120. The summed E-state index contributed by atoms with van der Waals surface area (Å²) in [7, 11) is 2.99. The lowest BCUT2D eigenvalue weighted by Crippen LogP contribution is -2.05. The molecular formula is C24H25N3O5S. The van der Waals surface area contributed by atoms with Crippen LogP contribution in [0.25, 0.3) is 10.8 Å². The maximum atomic E-state index is 13.0. The standard InChI is InChI=1S/C24H25N3O5S/c1-14(2)5-8-20(33-24(28)15-9-11-25-12-10-15)16-13-19(31-3)21-17(26-29)6-7-18(27-30)22(21)23(16)32-4/h5-7,9-13,20,26,29H,8H2,1-4H3. The second-order valence-electron chi connectivity index (χ2n) is 7.43. The van der Waals surface area contributed by atoms with E-state index in [-0.39, 0.29) is 16.1 Å². The molecule has 0 bridgehead atoms. The Balaban J connectivity index is 2.26. The Morgan fingerprint density at radius 1 is 1.18 bits per heavy atom. The van der Waals surface area contributed by atoms with E-state index in [0.29, 0.717) is 45.5 Å². The minimum Gasteiger partial charge on any atom is -0.496 e. The largest absolute Gasteiger partial charge is 0.496 e. The normalized spacial score (nSPS) is 11.5. The number of pyridine rings is 1. The summed E-state index contributed by atoms with van der Waals surface area (Å²) >= 11 is 1.15. The third-order valence-corrected chi connectivity index (χ3v) is 6.28. The Bertz CT molecular complexity index is 1190. The van der Waals surface area contributed by atoms with Crippen molar-refractivity contribution >= 4 is 39.0 Å². The summed E-state index contributed by atoms with van der Waals surface area (Å²) in [6.07, 6.45) is 5.72. The fourth-order valence-electron chi connectivity index (χ4n) is 3.56. The van der Waals surface area contributed by atoms with Crippen LogP contribution >= 0.6 is 11.8 Å². The summed E-state index contributed by atoms with van der Waals surface area (Å²) in [6.45, 7) is 3.97.